The fourth-order valence-corrected chi connectivity index (χ4v) is 3.60. The van der Waals surface area contributed by atoms with Gasteiger partial charge in [-0.2, -0.15) is 0 Å². The summed E-state index contributed by atoms with van der Waals surface area (Å²) in [7, 11) is 0. The number of aliphatic hydroxyl groups is 1. The molecule has 2 heterocycles. The smallest absolute Gasteiger partial charge is 0.296 e. The molecule has 29 heavy (non-hydrogen) atoms. The highest BCUT2D eigenvalue weighted by Gasteiger charge is 2.46. The topological polar surface area (TPSA) is 91.0 Å². The van der Waals surface area contributed by atoms with Crippen LogP contribution in [0, 0.1) is 0 Å². The number of amides is 1. The molecule has 7 heteroatoms. The average molecular weight is 410 g/mol. The van der Waals surface area contributed by atoms with E-state index in [1.54, 1.807) is 42.5 Å². The molecule has 0 bridgehead atoms. The van der Waals surface area contributed by atoms with Crippen molar-refractivity contribution in [2.45, 2.75) is 12.6 Å². The van der Waals surface area contributed by atoms with Crippen LogP contribution in [0.5, 0.6) is 5.75 Å². The van der Waals surface area contributed by atoms with Gasteiger partial charge in [-0.15, -0.1) is 0 Å². The standard InChI is InChI=1S/C22H16ClNO5/c23-15-4-1-3-14(11-15)20(26)18-19(13-6-8-16(25)9-7-13)24(22(28)21(18)27)12-17-5-2-10-29-17/h1-11,19,25-26H,12H2/b20-18-. The fourth-order valence-electron chi connectivity index (χ4n) is 3.41. The fraction of sp³-hybridized carbons (Fsp3) is 0.0909. The van der Waals surface area contributed by atoms with E-state index in [1.165, 1.54) is 29.4 Å². The van der Waals surface area contributed by atoms with Crippen molar-refractivity contribution in [2.24, 2.45) is 0 Å². The van der Waals surface area contributed by atoms with Gasteiger partial charge in [-0.05, 0) is 42.0 Å². The number of ketones is 1. The lowest BCUT2D eigenvalue weighted by molar-refractivity contribution is -0.140. The van der Waals surface area contributed by atoms with Crippen LogP contribution in [0.4, 0.5) is 0 Å². The van der Waals surface area contributed by atoms with Gasteiger partial charge in [0.2, 0.25) is 0 Å². The summed E-state index contributed by atoms with van der Waals surface area (Å²) < 4.78 is 5.34. The number of phenols is 1. The molecule has 1 aromatic heterocycles. The van der Waals surface area contributed by atoms with Gasteiger partial charge in [0, 0.05) is 10.6 Å². The summed E-state index contributed by atoms with van der Waals surface area (Å²) in [5.41, 5.74) is 0.851. The lowest BCUT2D eigenvalue weighted by Gasteiger charge is -2.24. The quantitative estimate of drug-likeness (QED) is 0.381. The van der Waals surface area contributed by atoms with Crippen molar-refractivity contribution in [2.75, 3.05) is 0 Å². The molecule has 0 saturated carbocycles. The van der Waals surface area contributed by atoms with Crippen LogP contribution in [0.3, 0.4) is 0 Å². The van der Waals surface area contributed by atoms with Crippen molar-refractivity contribution in [3.05, 3.63) is 94.4 Å². The van der Waals surface area contributed by atoms with E-state index in [-0.39, 0.29) is 23.6 Å². The highest BCUT2D eigenvalue weighted by molar-refractivity contribution is 6.46. The summed E-state index contributed by atoms with van der Waals surface area (Å²) in [6.45, 7) is 0.0510. The Kier molecular flexibility index (Phi) is 4.86. The first kappa shape index (κ1) is 18.8. The van der Waals surface area contributed by atoms with Crippen LogP contribution in [-0.2, 0) is 16.1 Å². The van der Waals surface area contributed by atoms with Crippen molar-refractivity contribution >= 4 is 29.1 Å². The third-order valence-corrected chi connectivity index (χ3v) is 4.99. The summed E-state index contributed by atoms with van der Waals surface area (Å²) in [5.74, 6) is -1.31. The molecule has 4 rings (SSSR count). The summed E-state index contributed by atoms with van der Waals surface area (Å²) in [5, 5.41) is 20.9. The predicted octanol–water partition coefficient (Wildman–Crippen LogP) is 4.26. The number of nitrogens with zero attached hydrogens (tertiary/aromatic N) is 1. The van der Waals surface area contributed by atoms with Crippen LogP contribution < -0.4 is 0 Å². The Morgan fingerprint density at radius 2 is 1.83 bits per heavy atom. The Balaban J connectivity index is 1.87. The number of halogens is 1. The van der Waals surface area contributed by atoms with E-state index >= 15 is 0 Å². The van der Waals surface area contributed by atoms with E-state index in [0.29, 0.717) is 21.9 Å². The van der Waals surface area contributed by atoms with Crippen molar-refractivity contribution in [3.8, 4) is 5.75 Å². The van der Waals surface area contributed by atoms with E-state index in [4.69, 9.17) is 16.0 Å². The zero-order valence-electron chi connectivity index (χ0n) is 15.1. The van der Waals surface area contributed by atoms with Crippen molar-refractivity contribution < 1.29 is 24.2 Å². The Hall–Kier alpha value is -3.51. The number of aromatic hydroxyl groups is 1. The van der Waals surface area contributed by atoms with Crippen molar-refractivity contribution in [3.63, 3.8) is 0 Å². The van der Waals surface area contributed by atoms with Crippen LogP contribution in [0.25, 0.3) is 5.76 Å². The zero-order chi connectivity index (χ0) is 20.5. The maximum absolute atomic E-state index is 12.9. The molecule has 2 N–H and O–H groups in total. The number of likely N-dealkylation sites (tertiary alicyclic amines) is 1. The number of furan rings is 1. The second kappa shape index (κ2) is 7.48. The number of benzene rings is 2. The van der Waals surface area contributed by atoms with Crippen LogP contribution in [0.2, 0.25) is 5.02 Å². The van der Waals surface area contributed by atoms with Crippen LogP contribution in [0.1, 0.15) is 22.9 Å². The maximum Gasteiger partial charge on any atom is 0.296 e. The molecule has 1 amide bonds. The van der Waals surface area contributed by atoms with E-state index < -0.39 is 17.7 Å². The lowest BCUT2D eigenvalue weighted by Crippen LogP contribution is -2.29. The third kappa shape index (κ3) is 3.50. The SMILES string of the molecule is O=C1C(=O)N(Cc2ccco2)C(c2ccc(O)cc2)/C1=C(/O)c1cccc(Cl)c1. The highest BCUT2D eigenvalue weighted by atomic mass is 35.5. The minimum absolute atomic E-state index is 0.0467. The van der Waals surface area contributed by atoms with Gasteiger partial charge in [0.1, 0.15) is 17.3 Å². The molecule has 6 nitrogen and oxygen atoms in total. The number of carbonyl (C=O) groups excluding carboxylic acids is 2. The van der Waals surface area contributed by atoms with Gasteiger partial charge in [-0.25, -0.2) is 0 Å². The molecule has 1 fully saturated rings. The second-order valence-corrected chi connectivity index (χ2v) is 7.04. The van der Waals surface area contributed by atoms with Gasteiger partial charge < -0.3 is 19.5 Å². The summed E-state index contributed by atoms with van der Waals surface area (Å²) >= 11 is 6.02. The Bertz CT molecular complexity index is 1100. The van der Waals surface area contributed by atoms with Crippen LogP contribution in [0.15, 0.2) is 76.9 Å². The number of phenolic OH excluding ortho intramolecular Hbond substituents is 1. The third-order valence-electron chi connectivity index (χ3n) is 4.75. The van der Waals surface area contributed by atoms with Gasteiger partial charge in [0.25, 0.3) is 11.7 Å². The molecule has 1 atom stereocenters. The average Bonchev–Trinajstić information content (AvgIpc) is 3.31. The predicted molar refractivity (Wildman–Crippen MR) is 106 cm³/mol. The van der Waals surface area contributed by atoms with Gasteiger partial charge in [-0.1, -0.05) is 35.9 Å². The Morgan fingerprint density at radius 1 is 1.07 bits per heavy atom. The molecule has 1 saturated heterocycles. The first-order valence-electron chi connectivity index (χ1n) is 8.81. The summed E-state index contributed by atoms with van der Waals surface area (Å²) in [4.78, 5) is 27.0. The number of hydrogen-bond acceptors (Lipinski definition) is 5. The van der Waals surface area contributed by atoms with Gasteiger partial charge in [0.15, 0.2) is 0 Å². The van der Waals surface area contributed by atoms with Crippen LogP contribution in [-0.4, -0.2) is 26.8 Å². The molecule has 0 spiro atoms. The van der Waals surface area contributed by atoms with Crippen LogP contribution >= 0.6 is 11.6 Å². The van der Waals surface area contributed by atoms with E-state index in [0.717, 1.165) is 0 Å². The Morgan fingerprint density at radius 3 is 2.48 bits per heavy atom. The number of Topliss-reactive ketones (excluding diaryl/α,β-unsaturated/α-hetero) is 1. The lowest BCUT2D eigenvalue weighted by atomic mass is 9.95. The number of rotatable bonds is 4. The molecule has 1 aliphatic heterocycles. The summed E-state index contributed by atoms with van der Waals surface area (Å²) in [6.07, 6.45) is 1.48. The largest absolute Gasteiger partial charge is 0.508 e. The second-order valence-electron chi connectivity index (χ2n) is 6.61. The first-order valence-corrected chi connectivity index (χ1v) is 9.19. The molecular formula is C22H16ClNO5. The van der Waals surface area contributed by atoms with Gasteiger partial charge in [0.05, 0.1) is 24.4 Å². The molecular weight excluding hydrogens is 394 g/mol. The van der Waals surface area contributed by atoms with E-state index in [1.807, 2.05) is 0 Å². The molecule has 0 radical (unpaired) electrons. The van der Waals surface area contributed by atoms with Crippen molar-refractivity contribution in [1.82, 2.24) is 4.90 Å². The first-order chi connectivity index (χ1) is 14.0. The number of carbonyl (C=O) groups is 2. The number of hydrogen-bond donors (Lipinski definition) is 2. The molecule has 1 unspecified atom stereocenters. The van der Waals surface area contributed by atoms with Crippen molar-refractivity contribution in [1.29, 1.82) is 0 Å². The molecule has 1 aliphatic rings. The highest BCUT2D eigenvalue weighted by Crippen LogP contribution is 2.40. The van der Waals surface area contributed by atoms with Gasteiger partial charge in [-0.3, -0.25) is 9.59 Å². The monoisotopic (exact) mass is 409 g/mol. The summed E-state index contributed by atoms with van der Waals surface area (Å²) in [6, 6.07) is 15.1. The maximum atomic E-state index is 12.9. The minimum Gasteiger partial charge on any atom is -0.508 e. The Labute approximate surface area is 171 Å². The molecule has 2 aromatic carbocycles. The minimum atomic E-state index is -0.848. The zero-order valence-corrected chi connectivity index (χ0v) is 15.8. The van der Waals surface area contributed by atoms with E-state index in [2.05, 4.69) is 0 Å². The molecule has 3 aromatic rings. The van der Waals surface area contributed by atoms with Gasteiger partial charge >= 0.3 is 0 Å². The normalized spacial score (nSPS) is 18.4. The molecule has 0 aliphatic carbocycles. The molecule has 146 valence electrons. The number of aliphatic hydroxyl groups excluding tert-OH is 1. The van der Waals surface area contributed by atoms with E-state index in [9.17, 15) is 19.8 Å².